The van der Waals surface area contributed by atoms with Gasteiger partial charge in [0.2, 0.25) is 11.5 Å². The number of carbonyl (C=O) groups excluding carboxylic acids is 1. The van der Waals surface area contributed by atoms with Crippen LogP contribution in [0.3, 0.4) is 0 Å². The Morgan fingerprint density at radius 1 is 1.03 bits per heavy atom. The lowest BCUT2D eigenvalue weighted by Gasteiger charge is -2.05. The third kappa shape index (κ3) is 4.98. The number of nitrogens with one attached hydrogen (secondary N) is 2. The molecular weight excluding hydrogens is 408 g/mol. The summed E-state index contributed by atoms with van der Waals surface area (Å²) in [4.78, 5) is 13.7. The fourth-order valence-corrected chi connectivity index (χ4v) is 3.24. The van der Waals surface area contributed by atoms with Crippen molar-refractivity contribution in [3.8, 4) is 11.3 Å². The van der Waals surface area contributed by atoms with Gasteiger partial charge in [-0.3, -0.25) is 4.79 Å². The van der Waals surface area contributed by atoms with Gasteiger partial charge in [0.25, 0.3) is 5.91 Å². The summed E-state index contributed by atoms with van der Waals surface area (Å²) < 4.78 is 4.44. The highest BCUT2D eigenvalue weighted by molar-refractivity contribution is 5.95. The minimum atomic E-state index is -0.431. The van der Waals surface area contributed by atoms with Crippen LogP contribution >= 0.6 is 0 Å². The molecule has 0 bridgehead atoms. The van der Waals surface area contributed by atoms with Gasteiger partial charge >= 0.3 is 0 Å². The number of nitrogens with two attached hydrogens (primary N) is 1. The van der Waals surface area contributed by atoms with Crippen LogP contribution in [-0.2, 0) is 13.1 Å². The molecule has 164 valence electrons. The third-order valence-corrected chi connectivity index (χ3v) is 4.95. The number of hydrogen-bond donors (Lipinski definition) is 3. The van der Waals surface area contributed by atoms with E-state index in [9.17, 15) is 4.79 Å². The van der Waals surface area contributed by atoms with Crippen LogP contribution in [0.15, 0.2) is 59.2 Å². The second kappa shape index (κ2) is 9.84. The van der Waals surface area contributed by atoms with Crippen molar-refractivity contribution in [1.29, 1.82) is 0 Å². The Morgan fingerprint density at radius 2 is 1.81 bits per heavy atom. The average Bonchev–Trinajstić information content (AvgIpc) is 3.41. The van der Waals surface area contributed by atoms with Crippen LogP contribution in [0.25, 0.3) is 11.3 Å². The fraction of sp³-hybridized carbons (Fsp3) is 0.227. The molecule has 0 radical (unpaired) electrons. The topological polar surface area (TPSA) is 137 Å². The summed E-state index contributed by atoms with van der Waals surface area (Å²) in [6.07, 6.45) is 0. The maximum absolute atomic E-state index is 12.0. The Hall–Kier alpha value is -4.05. The SMILES string of the molecule is Cc1ccccc1Cn1nc(CNCCNC(=O)c2nonc2N)c(-c2ccccc2)n1. The number of anilines is 1. The minimum absolute atomic E-state index is 0.0180. The maximum atomic E-state index is 12.0. The Balaban J connectivity index is 1.40. The van der Waals surface area contributed by atoms with E-state index in [1.807, 2.05) is 42.5 Å². The van der Waals surface area contributed by atoms with Gasteiger partial charge in [0, 0.05) is 25.2 Å². The van der Waals surface area contributed by atoms with Crippen molar-refractivity contribution in [2.24, 2.45) is 0 Å². The van der Waals surface area contributed by atoms with Gasteiger partial charge in [0.15, 0.2) is 0 Å². The molecule has 2 aromatic heterocycles. The molecular formula is C22H24N8O2. The zero-order valence-electron chi connectivity index (χ0n) is 17.7. The highest BCUT2D eigenvalue weighted by Crippen LogP contribution is 2.20. The average molecular weight is 432 g/mol. The van der Waals surface area contributed by atoms with E-state index < -0.39 is 5.91 Å². The van der Waals surface area contributed by atoms with Crippen LogP contribution in [0.5, 0.6) is 0 Å². The number of rotatable bonds is 9. The molecule has 0 fully saturated rings. The van der Waals surface area contributed by atoms with Crippen LogP contribution in [-0.4, -0.2) is 44.3 Å². The fourth-order valence-electron chi connectivity index (χ4n) is 3.24. The molecule has 0 aliphatic carbocycles. The molecule has 0 spiro atoms. The van der Waals surface area contributed by atoms with Crippen molar-refractivity contribution in [3.05, 3.63) is 77.1 Å². The largest absolute Gasteiger partial charge is 0.379 e. The molecule has 0 aliphatic heterocycles. The summed E-state index contributed by atoms with van der Waals surface area (Å²) in [7, 11) is 0. The van der Waals surface area contributed by atoms with Gasteiger partial charge in [0.1, 0.15) is 11.4 Å². The molecule has 0 saturated heterocycles. The smallest absolute Gasteiger partial charge is 0.277 e. The third-order valence-electron chi connectivity index (χ3n) is 4.95. The second-order valence-electron chi connectivity index (χ2n) is 7.25. The van der Waals surface area contributed by atoms with Crippen LogP contribution in [0.2, 0.25) is 0 Å². The lowest BCUT2D eigenvalue weighted by Crippen LogP contribution is -2.32. The van der Waals surface area contributed by atoms with Crippen molar-refractivity contribution >= 4 is 11.7 Å². The summed E-state index contributed by atoms with van der Waals surface area (Å²) in [5.41, 5.74) is 10.5. The zero-order chi connectivity index (χ0) is 22.3. The first-order valence-electron chi connectivity index (χ1n) is 10.2. The molecule has 0 aliphatic rings. The molecule has 1 amide bonds. The molecule has 2 aromatic carbocycles. The second-order valence-corrected chi connectivity index (χ2v) is 7.25. The highest BCUT2D eigenvalue weighted by Gasteiger charge is 2.16. The predicted molar refractivity (Wildman–Crippen MR) is 118 cm³/mol. The number of amides is 1. The van der Waals surface area contributed by atoms with E-state index >= 15 is 0 Å². The van der Waals surface area contributed by atoms with E-state index in [0.717, 1.165) is 17.0 Å². The number of hydrogen-bond acceptors (Lipinski definition) is 8. The molecule has 10 nitrogen and oxygen atoms in total. The van der Waals surface area contributed by atoms with Crippen LogP contribution in [0.4, 0.5) is 5.82 Å². The highest BCUT2D eigenvalue weighted by atomic mass is 16.6. The monoisotopic (exact) mass is 432 g/mol. The summed E-state index contributed by atoms with van der Waals surface area (Å²) in [6, 6.07) is 18.2. The maximum Gasteiger partial charge on any atom is 0.277 e. The van der Waals surface area contributed by atoms with Gasteiger partial charge in [-0.2, -0.15) is 15.0 Å². The first kappa shape index (κ1) is 21.2. The van der Waals surface area contributed by atoms with Gasteiger partial charge in [-0.15, -0.1) is 0 Å². The van der Waals surface area contributed by atoms with E-state index in [4.69, 9.17) is 15.9 Å². The summed E-state index contributed by atoms with van der Waals surface area (Å²) in [6.45, 7) is 4.08. The molecule has 10 heteroatoms. The van der Waals surface area contributed by atoms with Gasteiger partial charge < -0.3 is 16.4 Å². The molecule has 2 heterocycles. The number of carbonyl (C=O) groups is 1. The number of nitrogen functional groups attached to an aromatic ring is 1. The number of aryl methyl sites for hydroxylation is 1. The Bertz CT molecular complexity index is 1190. The summed E-state index contributed by atoms with van der Waals surface area (Å²) in [5.74, 6) is -0.465. The normalized spacial score (nSPS) is 10.9. The van der Waals surface area contributed by atoms with E-state index in [0.29, 0.717) is 26.2 Å². The minimum Gasteiger partial charge on any atom is -0.379 e. The Morgan fingerprint density at radius 3 is 2.56 bits per heavy atom. The number of aromatic nitrogens is 5. The number of benzene rings is 2. The molecule has 4 rings (SSSR count). The predicted octanol–water partition coefficient (Wildman–Crippen LogP) is 1.79. The van der Waals surface area contributed by atoms with Crippen molar-refractivity contribution in [3.63, 3.8) is 0 Å². The van der Waals surface area contributed by atoms with Crippen molar-refractivity contribution in [1.82, 2.24) is 35.9 Å². The molecule has 0 unspecified atom stereocenters. The first-order chi connectivity index (χ1) is 15.6. The Kier molecular flexibility index (Phi) is 6.52. The Labute approximate surface area is 184 Å². The van der Waals surface area contributed by atoms with E-state index in [1.165, 1.54) is 11.1 Å². The van der Waals surface area contributed by atoms with E-state index in [-0.39, 0.29) is 11.5 Å². The van der Waals surface area contributed by atoms with Gasteiger partial charge in [-0.05, 0) is 28.4 Å². The first-order valence-corrected chi connectivity index (χ1v) is 10.2. The van der Waals surface area contributed by atoms with Crippen molar-refractivity contribution < 1.29 is 9.42 Å². The standard InChI is InChI=1S/C22H24N8O2/c1-15-7-5-6-10-17(15)14-30-26-18(19(27-30)16-8-3-2-4-9-16)13-24-11-12-25-22(31)20-21(23)29-32-28-20/h2-10,24H,11-14H2,1H3,(H2,23,29)(H,25,31). The molecule has 32 heavy (non-hydrogen) atoms. The van der Waals surface area contributed by atoms with E-state index in [1.54, 1.807) is 4.80 Å². The zero-order valence-corrected chi connectivity index (χ0v) is 17.7. The van der Waals surface area contributed by atoms with Gasteiger partial charge in [-0.25, -0.2) is 4.63 Å². The lowest BCUT2D eigenvalue weighted by molar-refractivity contribution is 0.0944. The van der Waals surface area contributed by atoms with E-state index in [2.05, 4.69) is 44.6 Å². The molecule has 0 saturated carbocycles. The van der Waals surface area contributed by atoms with Crippen molar-refractivity contribution in [2.45, 2.75) is 20.0 Å². The van der Waals surface area contributed by atoms with Gasteiger partial charge in [0.05, 0.1) is 6.54 Å². The van der Waals surface area contributed by atoms with Crippen LogP contribution in [0, 0.1) is 6.92 Å². The van der Waals surface area contributed by atoms with Crippen molar-refractivity contribution in [2.75, 3.05) is 18.8 Å². The molecule has 4 N–H and O–H groups in total. The summed E-state index contributed by atoms with van der Waals surface area (Å²) in [5, 5.41) is 22.4. The van der Waals surface area contributed by atoms with Gasteiger partial charge in [-0.1, -0.05) is 54.6 Å². The molecule has 0 atom stereocenters. The summed E-state index contributed by atoms with van der Waals surface area (Å²) >= 11 is 0. The van der Waals surface area contributed by atoms with Crippen LogP contribution < -0.4 is 16.4 Å². The number of nitrogens with zero attached hydrogens (tertiary/aromatic N) is 5. The molecule has 4 aromatic rings. The lowest BCUT2D eigenvalue weighted by atomic mass is 10.1. The quantitative estimate of drug-likeness (QED) is 0.341. The van der Waals surface area contributed by atoms with Crippen LogP contribution in [0.1, 0.15) is 27.3 Å².